The molecule has 1 saturated carbocycles. The van der Waals surface area contributed by atoms with Gasteiger partial charge in [-0.05, 0) is 81.2 Å². The Morgan fingerprint density at radius 3 is 2.58 bits per heavy atom. The van der Waals surface area contributed by atoms with Gasteiger partial charge in [0, 0.05) is 36.7 Å². The number of hydrogen-bond acceptors (Lipinski definition) is 6. The molecule has 1 aromatic heterocycles. The van der Waals surface area contributed by atoms with Crippen LogP contribution in [0, 0.1) is 11.3 Å². The highest BCUT2D eigenvalue weighted by molar-refractivity contribution is 5.93. The first-order valence-corrected chi connectivity index (χ1v) is 14.2. The molecule has 1 unspecified atom stereocenters. The number of carbonyl (C=O) groups is 1. The van der Waals surface area contributed by atoms with Crippen LogP contribution in [0.3, 0.4) is 0 Å². The Hall–Kier alpha value is -3.05. The number of ether oxygens (including phenoxy) is 1. The van der Waals surface area contributed by atoms with E-state index in [2.05, 4.69) is 20.6 Å². The number of dihydropyridines is 1. The van der Waals surface area contributed by atoms with Crippen LogP contribution >= 0.6 is 0 Å². The lowest BCUT2D eigenvalue weighted by molar-refractivity contribution is -0.125. The zero-order valence-corrected chi connectivity index (χ0v) is 22.8. The molecule has 3 aliphatic heterocycles. The highest BCUT2D eigenvalue weighted by Crippen LogP contribution is 2.52. The molecular weight excluding hydrogens is 521 g/mol. The Morgan fingerprint density at radius 1 is 1.20 bits per heavy atom. The van der Waals surface area contributed by atoms with Gasteiger partial charge in [-0.1, -0.05) is 6.08 Å². The van der Waals surface area contributed by atoms with Crippen molar-refractivity contribution in [2.75, 3.05) is 39.8 Å². The van der Waals surface area contributed by atoms with Crippen molar-refractivity contribution in [1.82, 2.24) is 25.3 Å². The number of aromatic nitrogens is 2. The predicted octanol–water partition coefficient (Wildman–Crippen LogP) is 3.75. The molecule has 2 aromatic rings. The molecule has 3 fully saturated rings. The normalized spacial score (nSPS) is 25.9. The van der Waals surface area contributed by atoms with E-state index in [9.17, 15) is 18.0 Å². The highest BCUT2D eigenvalue weighted by atomic mass is 19.4. The molecule has 2 saturated heterocycles. The maximum absolute atomic E-state index is 13.5. The SMILES string of the molecule is COc1cc2c(cnn2C2CCN(CC3CC4(CCNCC4)C3)CC2)cc1C1(C(N)=O)C=CC=C(C(F)(F)F)N1. The van der Waals surface area contributed by atoms with Crippen LogP contribution in [0.15, 0.2) is 42.3 Å². The summed E-state index contributed by atoms with van der Waals surface area (Å²) in [5, 5.41) is 11.2. The number of carbonyl (C=O) groups excluding carboxylic acids is 1. The highest BCUT2D eigenvalue weighted by Gasteiger charge is 2.47. The average Bonchev–Trinajstić information content (AvgIpc) is 3.35. The maximum atomic E-state index is 13.5. The maximum Gasteiger partial charge on any atom is 0.430 e. The van der Waals surface area contributed by atoms with Crippen molar-refractivity contribution in [2.45, 2.75) is 56.3 Å². The number of alkyl halides is 3. The van der Waals surface area contributed by atoms with Gasteiger partial charge in [-0.2, -0.15) is 18.3 Å². The number of piperidine rings is 2. The van der Waals surface area contributed by atoms with Crippen molar-refractivity contribution in [2.24, 2.45) is 17.1 Å². The van der Waals surface area contributed by atoms with Crippen LogP contribution in [-0.4, -0.2) is 66.6 Å². The van der Waals surface area contributed by atoms with E-state index in [1.165, 1.54) is 51.5 Å². The lowest BCUT2D eigenvalue weighted by Gasteiger charge is -2.52. The Labute approximate surface area is 231 Å². The summed E-state index contributed by atoms with van der Waals surface area (Å²) in [7, 11) is 1.43. The number of fused-ring (bicyclic) bond motifs is 1. The first kappa shape index (κ1) is 27.1. The fourth-order valence-electron chi connectivity index (χ4n) is 7.40. The van der Waals surface area contributed by atoms with Gasteiger partial charge in [-0.25, -0.2) is 0 Å². The van der Waals surface area contributed by atoms with E-state index in [-0.39, 0.29) is 17.4 Å². The van der Waals surface area contributed by atoms with E-state index < -0.39 is 23.3 Å². The van der Waals surface area contributed by atoms with E-state index in [1.54, 1.807) is 18.3 Å². The number of benzene rings is 1. The third-order valence-electron chi connectivity index (χ3n) is 9.50. The summed E-state index contributed by atoms with van der Waals surface area (Å²) < 4.78 is 48.2. The number of allylic oxidation sites excluding steroid dienone is 3. The third kappa shape index (κ3) is 4.76. The number of nitrogens with one attached hydrogen (secondary N) is 2. The summed E-state index contributed by atoms with van der Waals surface area (Å²) in [6.45, 7) is 5.51. The minimum absolute atomic E-state index is 0.207. The molecule has 11 heteroatoms. The van der Waals surface area contributed by atoms with E-state index in [1.807, 2.05) is 4.68 Å². The fraction of sp³-hybridized carbons (Fsp3) is 0.586. The van der Waals surface area contributed by atoms with Crippen LogP contribution in [0.4, 0.5) is 13.2 Å². The quantitative estimate of drug-likeness (QED) is 0.500. The number of nitrogens with two attached hydrogens (primary N) is 1. The molecule has 4 N–H and O–H groups in total. The van der Waals surface area contributed by atoms with Crippen molar-refractivity contribution in [1.29, 1.82) is 0 Å². The number of nitrogens with zero attached hydrogens (tertiary/aromatic N) is 3. The van der Waals surface area contributed by atoms with Crippen molar-refractivity contribution < 1.29 is 22.7 Å². The van der Waals surface area contributed by atoms with Crippen LogP contribution < -0.4 is 21.1 Å². The van der Waals surface area contributed by atoms with Gasteiger partial charge < -0.3 is 26.0 Å². The second kappa shape index (κ2) is 10.1. The molecular formula is C29H37F3N6O2. The zero-order chi connectivity index (χ0) is 28.1. The molecule has 8 nitrogen and oxygen atoms in total. The smallest absolute Gasteiger partial charge is 0.430 e. The van der Waals surface area contributed by atoms with Gasteiger partial charge in [0.25, 0.3) is 5.91 Å². The topological polar surface area (TPSA) is 97.4 Å². The van der Waals surface area contributed by atoms with E-state index >= 15 is 0 Å². The number of hydrogen-bond donors (Lipinski definition) is 3. The predicted molar refractivity (Wildman–Crippen MR) is 146 cm³/mol. The second-order valence-corrected chi connectivity index (χ2v) is 12.0. The molecule has 1 spiro atoms. The van der Waals surface area contributed by atoms with Crippen LogP contribution in [0.5, 0.6) is 5.75 Å². The molecule has 4 aliphatic rings. The van der Waals surface area contributed by atoms with Gasteiger partial charge >= 0.3 is 6.18 Å². The minimum Gasteiger partial charge on any atom is -0.496 e. The summed E-state index contributed by atoms with van der Waals surface area (Å²) >= 11 is 0. The number of halogens is 3. The molecule has 40 heavy (non-hydrogen) atoms. The molecule has 4 heterocycles. The van der Waals surface area contributed by atoms with Gasteiger partial charge in [0.1, 0.15) is 11.4 Å². The van der Waals surface area contributed by atoms with Gasteiger partial charge in [-0.3, -0.25) is 9.48 Å². The number of primary amides is 1. The van der Waals surface area contributed by atoms with Crippen LogP contribution in [0.25, 0.3) is 10.9 Å². The van der Waals surface area contributed by atoms with Crippen LogP contribution in [-0.2, 0) is 10.3 Å². The lowest BCUT2D eigenvalue weighted by atomic mass is 9.57. The first-order chi connectivity index (χ1) is 19.1. The van der Waals surface area contributed by atoms with Gasteiger partial charge in [0.05, 0.1) is 24.9 Å². The second-order valence-electron chi connectivity index (χ2n) is 12.0. The number of methoxy groups -OCH3 is 1. The molecule has 1 atom stereocenters. The van der Waals surface area contributed by atoms with E-state index in [4.69, 9.17) is 10.5 Å². The van der Waals surface area contributed by atoms with Crippen LogP contribution in [0.2, 0.25) is 0 Å². The van der Waals surface area contributed by atoms with Gasteiger partial charge in [-0.15, -0.1) is 0 Å². The Kier molecular flexibility index (Phi) is 6.85. The summed E-state index contributed by atoms with van der Waals surface area (Å²) in [4.78, 5) is 15.2. The average molecular weight is 559 g/mol. The Balaban J connectivity index is 1.18. The number of likely N-dealkylation sites (tertiary alicyclic amines) is 1. The summed E-state index contributed by atoms with van der Waals surface area (Å²) in [6, 6.07) is 3.61. The Morgan fingerprint density at radius 2 is 1.93 bits per heavy atom. The molecule has 0 bridgehead atoms. The molecule has 1 amide bonds. The fourth-order valence-corrected chi connectivity index (χ4v) is 7.40. The minimum atomic E-state index is -4.67. The van der Waals surface area contributed by atoms with Crippen molar-refractivity contribution in [3.8, 4) is 5.75 Å². The van der Waals surface area contributed by atoms with E-state index in [0.29, 0.717) is 10.8 Å². The zero-order valence-electron chi connectivity index (χ0n) is 22.8. The molecule has 1 aromatic carbocycles. The summed E-state index contributed by atoms with van der Waals surface area (Å²) in [5.41, 5.74) is 4.36. The number of rotatable bonds is 6. The number of amides is 1. The molecule has 0 radical (unpaired) electrons. The van der Waals surface area contributed by atoms with E-state index in [0.717, 1.165) is 56.5 Å². The standard InChI is InChI=1S/C29H37F3N6O2/c1-40-24-14-23-20(13-22(24)28(26(33)39)6-2-3-25(36-28)29(30,31)32)17-35-38(23)21-4-11-37(12-5-21)18-19-15-27(16-19)7-9-34-10-8-27/h2-3,6,13-14,17,19,21,34,36H,4-5,7-12,15-16,18H2,1H3,(H2,33,39). The molecule has 1 aliphatic carbocycles. The molecule has 6 rings (SSSR count). The lowest BCUT2D eigenvalue weighted by Crippen LogP contribution is -2.53. The molecule has 216 valence electrons. The van der Waals surface area contributed by atoms with Gasteiger partial charge in [0.2, 0.25) is 0 Å². The van der Waals surface area contributed by atoms with Crippen LogP contribution in [0.1, 0.15) is 50.1 Å². The van der Waals surface area contributed by atoms with Crippen molar-refractivity contribution in [3.05, 3.63) is 47.8 Å². The van der Waals surface area contributed by atoms with Crippen molar-refractivity contribution in [3.63, 3.8) is 0 Å². The summed E-state index contributed by atoms with van der Waals surface area (Å²) in [5.74, 6) is 0.104. The Bertz CT molecular complexity index is 1330. The third-order valence-corrected chi connectivity index (χ3v) is 9.50. The monoisotopic (exact) mass is 558 g/mol. The summed E-state index contributed by atoms with van der Waals surface area (Å²) in [6.07, 6.45) is 7.73. The van der Waals surface area contributed by atoms with Gasteiger partial charge in [0.15, 0.2) is 5.54 Å². The first-order valence-electron chi connectivity index (χ1n) is 14.2. The largest absolute Gasteiger partial charge is 0.496 e. The van der Waals surface area contributed by atoms with Crippen molar-refractivity contribution >= 4 is 16.8 Å².